The smallest absolute Gasteiger partial charge is 0.319 e. The van der Waals surface area contributed by atoms with Crippen molar-refractivity contribution in [2.75, 3.05) is 27.4 Å². The largest absolute Gasteiger partial charge is 0.497 e. The molecule has 2 amide bonds. The number of rotatable bonds is 17. The summed E-state index contributed by atoms with van der Waals surface area (Å²) in [5.41, 5.74) is 13.6. The maximum Gasteiger partial charge on any atom is 0.319 e. The molecular weight excluding hydrogens is 603 g/mol. The average Bonchev–Trinajstić information content (AvgIpc) is 3.05. The summed E-state index contributed by atoms with van der Waals surface area (Å²) >= 11 is 0. The van der Waals surface area contributed by atoms with Crippen molar-refractivity contribution in [2.45, 2.75) is 38.2 Å². The van der Waals surface area contributed by atoms with Gasteiger partial charge in [-0.25, -0.2) is 15.5 Å². The van der Waals surface area contributed by atoms with Gasteiger partial charge >= 0.3 is 5.97 Å². The lowest BCUT2D eigenvalue weighted by atomic mass is 9.80. The molecule has 0 aliphatic carbocycles. The number of aliphatic carboxylic acids is 1. The molecule has 45 heavy (non-hydrogen) atoms. The van der Waals surface area contributed by atoms with Gasteiger partial charge in [-0.3, -0.25) is 25.3 Å². The molecule has 0 aliphatic rings. The molecule has 0 fully saturated rings. The number of amides is 2. The third-order valence-corrected chi connectivity index (χ3v) is 6.52. The highest BCUT2D eigenvalue weighted by molar-refractivity contribution is 7.43. The molecule has 1 unspecified atom stereocenters. The Bertz CT molecular complexity index is 1260. The number of ether oxygens (including phenoxy) is 3. The summed E-state index contributed by atoms with van der Waals surface area (Å²) in [6, 6.07) is 25.4. The van der Waals surface area contributed by atoms with Crippen LogP contribution in [0.25, 0.3) is 0 Å². The Hall–Kier alpha value is -4.10. The quantitative estimate of drug-likeness (QED) is 0.0546. The molecule has 0 radical (unpaired) electrons. The van der Waals surface area contributed by atoms with Gasteiger partial charge in [-0.05, 0) is 53.8 Å². The van der Waals surface area contributed by atoms with Crippen LogP contribution >= 0.6 is 8.53 Å². The Morgan fingerprint density at radius 1 is 0.822 bits per heavy atom. The van der Waals surface area contributed by atoms with Crippen molar-refractivity contribution in [3.05, 3.63) is 95.6 Å². The van der Waals surface area contributed by atoms with E-state index >= 15 is 0 Å². The van der Waals surface area contributed by atoms with Crippen molar-refractivity contribution in [2.24, 2.45) is 5.50 Å². The number of carboxylic acid groups (broad SMARTS) is 1. The normalized spacial score (nSPS) is 11.4. The summed E-state index contributed by atoms with van der Waals surface area (Å²) < 4.78 is 21.9. The zero-order chi connectivity index (χ0) is 33.1. The molecule has 3 rings (SSSR count). The number of carboxylic acids is 1. The summed E-state index contributed by atoms with van der Waals surface area (Å²) in [6.45, 7) is 1.89. The van der Waals surface area contributed by atoms with E-state index < -0.39 is 26.0 Å². The Morgan fingerprint density at radius 2 is 1.36 bits per heavy atom. The van der Waals surface area contributed by atoms with E-state index in [0.717, 1.165) is 34.6 Å². The summed E-state index contributed by atoms with van der Waals surface area (Å²) in [5, 5.41) is 8.14. The van der Waals surface area contributed by atoms with Crippen LogP contribution in [0.4, 0.5) is 0 Å². The minimum Gasteiger partial charge on any atom is -0.497 e. The van der Waals surface area contributed by atoms with E-state index in [4.69, 9.17) is 29.7 Å². The Labute approximate surface area is 263 Å². The minimum absolute atomic E-state index is 0.138. The first-order valence-corrected chi connectivity index (χ1v) is 15.4. The van der Waals surface area contributed by atoms with Gasteiger partial charge in [0.25, 0.3) is 8.53 Å². The lowest BCUT2D eigenvalue weighted by molar-refractivity contribution is -0.136. The van der Waals surface area contributed by atoms with Crippen LogP contribution in [0.5, 0.6) is 11.5 Å². The van der Waals surface area contributed by atoms with E-state index in [-0.39, 0.29) is 25.5 Å². The second-order valence-corrected chi connectivity index (χ2v) is 10.2. The highest BCUT2D eigenvalue weighted by Gasteiger charge is 2.37. The molecule has 14 heteroatoms. The highest BCUT2D eigenvalue weighted by atomic mass is 31.2. The molecule has 7 N–H and O–H groups in total. The van der Waals surface area contributed by atoms with Crippen molar-refractivity contribution in [1.82, 2.24) is 16.3 Å². The van der Waals surface area contributed by atoms with Gasteiger partial charge in [0.1, 0.15) is 23.6 Å². The minimum atomic E-state index is -2.15. The predicted octanol–water partition coefficient (Wildman–Crippen LogP) is 3.51. The number of nitrogens with two attached hydrogens (primary N) is 1. The first-order valence-electron chi connectivity index (χ1n) is 14.1. The van der Waals surface area contributed by atoms with Gasteiger partial charge in [-0.2, -0.15) is 0 Å². The molecule has 0 aliphatic heterocycles. The fraction of sp³-hybridized carbons (Fsp3) is 0.323. The summed E-state index contributed by atoms with van der Waals surface area (Å²) in [5.74, 6) is -0.105. The molecule has 3 aromatic rings. The van der Waals surface area contributed by atoms with Crippen molar-refractivity contribution in [1.29, 1.82) is 0 Å². The second-order valence-electron chi connectivity index (χ2n) is 9.42. The first kappa shape index (κ1) is 37.1. The Balaban J connectivity index is 0.000000547. The van der Waals surface area contributed by atoms with Gasteiger partial charge in [0, 0.05) is 19.4 Å². The fourth-order valence-electron chi connectivity index (χ4n) is 4.19. The fourth-order valence-corrected chi connectivity index (χ4v) is 4.38. The van der Waals surface area contributed by atoms with Gasteiger partial charge < -0.3 is 24.2 Å². The SMILES string of the molecule is CCCC(=O)NNCC(=O)O.COc1ccc(C(OCCCC(=O)NOP(N)O)(c2ccccc2)c2ccc(OC)cc2)cc1. The monoisotopic (exact) mass is 644 g/mol. The molecule has 0 bridgehead atoms. The summed E-state index contributed by atoms with van der Waals surface area (Å²) in [4.78, 5) is 41.5. The number of carbonyl (C=O) groups excluding carboxylic acids is 2. The van der Waals surface area contributed by atoms with E-state index in [0.29, 0.717) is 12.8 Å². The van der Waals surface area contributed by atoms with Gasteiger partial charge in [0.2, 0.25) is 11.8 Å². The Kier molecular flexibility index (Phi) is 16.5. The lowest BCUT2D eigenvalue weighted by Gasteiger charge is -2.36. The van der Waals surface area contributed by atoms with Crippen molar-refractivity contribution in [3.63, 3.8) is 0 Å². The average molecular weight is 645 g/mol. The Morgan fingerprint density at radius 3 is 1.82 bits per heavy atom. The standard InChI is InChI=1S/C25H29N2O6P.C6H12N2O3/c1-30-22-14-10-20(11-15-22)25(19-7-4-3-5-8-19,21-12-16-23(31-2)17-13-21)32-18-6-9-24(28)27-33-34(26)29;1-2-3-5(9)8-7-4-6(10)11/h3-5,7-8,10-17,29H,6,9,18,26H2,1-2H3,(H,27,28);7H,2-4H2,1H3,(H,8,9)(H,10,11). The van der Waals surface area contributed by atoms with Gasteiger partial charge in [-0.1, -0.05) is 61.5 Å². The maximum absolute atomic E-state index is 11.9. The molecule has 244 valence electrons. The van der Waals surface area contributed by atoms with E-state index in [1.807, 2.05) is 85.8 Å². The molecule has 0 saturated carbocycles. The van der Waals surface area contributed by atoms with E-state index in [9.17, 15) is 14.4 Å². The number of carbonyl (C=O) groups is 3. The summed E-state index contributed by atoms with van der Waals surface area (Å²) in [7, 11) is 1.09. The third kappa shape index (κ3) is 12.4. The summed E-state index contributed by atoms with van der Waals surface area (Å²) in [6.07, 6.45) is 1.72. The van der Waals surface area contributed by atoms with Crippen LogP contribution in [-0.4, -0.2) is 55.2 Å². The molecule has 0 spiro atoms. The van der Waals surface area contributed by atoms with Crippen molar-refractivity contribution >= 4 is 26.3 Å². The van der Waals surface area contributed by atoms with Crippen molar-refractivity contribution in [3.8, 4) is 11.5 Å². The number of nitrogens with one attached hydrogen (secondary N) is 3. The number of hydrazine groups is 1. The van der Waals surface area contributed by atoms with E-state index in [2.05, 4.69) is 21.0 Å². The van der Waals surface area contributed by atoms with Crippen LogP contribution in [0.1, 0.15) is 49.3 Å². The maximum atomic E-state index is 11.9. The molecule has 0 heterocycles. The molecule has 1 atom stereocenters. The number of benzene rings is 3. The molecule has 0 aromatic heterocycles. The molecular formula is C31H41N4O9P. The van der Waals surface area contributed by atoms with Crippen LogP contribution in [-0.2, 0) is 29.3 Å². The molecule has 13 nitrogen and oxygen atoms in total. The predicted molar refractivity (Wildman–Crippen MR) is 169 cm³/mol. The van der Waals surface area contributed by atoms with E-state index in [1.165, 1.54) is 0 Å². The van der Waals surface area contributed by atoms with Gasteiger partial charge in [0.15, 0.2) is 0 Å². The van der Waals surface area contributed by atoms with Crippen LogP contribution in [0.3, 0.4) is 0 Å². The van der Waals surface area contributed by atoms with Gasteiger partial charge in [-0.15, -0.1) is 0 Å². The van der Waals surface area contributed by atoms with Crippen LogP contribution in [0, 0.1) is 0 Å². The number of hydroxylamine groups is 1. The second kappa shape index (κ2) is 20.0. The van der Waals surface area contributed by atoms with Crippen LogP contribution < -0.4 is 31.3 Å². The molecule has 3 aromatic carbocycles. The molecule has 0 saturated heterocycles. The van der Waals surface area contributed by atoms with Gasteiger partial charge in [0.05, 0.1) is 14.2 Å². The lowest BCUT2D eigenvalue weighted by Crippen LogP contribution is -2.40. The number of hydrogen-bond acceptors (Lipinski definition) is 10. The zero-order valence-electron chi connectivity index (χ0n) is 25.5. The zero-order valence-corrected chi connectivity index (χ0v) is 26.4. The number of methoxy groups -OCH3 is 2. The van der Waals surface area contributed by atoms with Crippen LogP contribution in [0.2, 0.25) is 0 Å². The van der Waals surface area contributed by atoms with Crippen molar-refractivity contribution < 1.29 is 43.2 Å². The van der Waals surface area contributed by atoms with Crippen LogP contribution in [0.15, 0.2) is 78.9 Å². The topological polar surface area (TPSA) is 191 Å². The third-order valence-electron chi connectivity index (χ3n) is 6.24. The number of hydrogen-bond donors (Lipinski definition) is 6. The van der Waals surface area contributed by atoms with E-state index in [1.54, 1.807) is 14.2 Å². The first-order chi connectivity index (χ1) is 21.7. The highest BCUT2D eigenvalue weighted by Crippen LogP contribution is 2.41.